The van der Waals surface area contributed by atoms with E-state index in [0.29, 0.717) is 18.8 Å². The van der Waals surface area contributed by atoms with Gasteiger partial charge in [-0.15, -0.1) is 0 Å². The summed E-state index contributed by atoms with van der Waals surface area (Å²) in [7, 11) is 0. The fourth-order valence-electron chi connectivity index (χ4n) is 2.39. The highest BCUT2D eigenvalue weighted by atomic mass is 19.1. The molecule has 0 bridgehead atoms. The second-order valence-electron chi connectivity index (χ2n) is 5.00. The average molecular weight is 257 g/mol. The van der Waals surface area contributed by atoms with Crippen molar-refractivity contribution in [2.75, 3.05) is 0 Å². The first-order chi connectivity index (χ1) is 9.15. The predicted octanol–water partition coefficient (Wildman–Crippen LogP) is 3.54. The molecule has 2 nitrogen and oxygen atoms in total. The van der Waals surface area contributed by atoms with E-state index in [2.05, 4.69) is 0 Å². The molecule has 1 unspecified atom stereocenters. The predicted molar refractivity (Wildman–Crippen MR) is 72.9 cm³/mol. The number of hydrogen-bond acceptors (Lipinski definition) is 2. The average Bonchev–Trinajstić information content (AvgIpc) is 2.86. The molecule has 2 aromatic carbocycles. The Kier molecular flexibility index (Phi) is 3.09. The summed E-state index contributed by atoms with van der Waals surface area (Å²) in [5, 5.41) is 0. The van der Waals surface area contributed by atoms with E-state index in [1.807, 2.05) is 31.2 Å². The van der Waals surface area contributed by atoms with E-state index in [9.17, 15) is 4.39 Å². The Balaban J connectivity index is 2.08. The Morgan fingerprint density at radius 1 is 1.11 bits per heavy atom. The molecule has 0 saturated heterocycles. The highest BCUT2D eigenvalue weighted by Crippen LogP contribution is 2.30. The second-order valence-corrected chi connectivity index (χ2v) is 5.00. The van der Waals surface area contributed by atoms with Gasteiger partial charge < -0.3 is 10.5 Å². The van der Waals surface area contributed by atoms with Crippen LogP contribution in [0, 0.1) is 5.82 Å². The first-order valence-corrected chi connectivity index (χ1v) is 6.40. The summed E-state index contributed by atoms with van der Waals surface area (Å²) in [5.74, 6) is -0.219. The summed E-state index contributed by atoms with van der Waals surface area (Å²) < 4.78 is 19.4. The first kappa shape index (κ1) is 12.3. The van der Waals surface area contributed by atoms with Crippen molar-refractivity contribution in [2.45, 2.75) is 26.2 Å². The van der Waals surface area contributed by atoms with E-state index < -0.39 is 0 Å². The molecule has 0 spiro atoms. The molecule has 3 rings (SSSR count). The molecule has 1 heterocycles. The lowest BCUT2D eigenvalue weighted by Crippen LogP contribution is -2.05. The maximum atomic E-state index is 14.0. The lowest BCUT2D eigenvalue weighted by Gasteiger charge is -2.10. The van der Waals surface area contributed by atoms with Gasteiger partial charge in [-0.3, -0.25) is 0 Å². The summed E-state index contributed by atoms with van der Waals surface area (Å²) >= 11 is 0. The monoisotopic (exact) mass is 257 g/mol. The van der Waals surface area contributed by atoms with Crippen LogP contribution >= 0.6 is 0 Å². The standard InChI is InChI=1S/C16H16FNO/c1-10(18)11-4-5-16(17)15(7-11)12-2-3-13-8-19-9-14(13)6-12/h2-7,10H,8-9,18H2,1H3. The van der Waals surface area contributed by atoms with Gasteiger partial charge >= 0.3 is 0 Å². The third-order valence-corrected chi connectivity index (χ3v) is 3.55. The summed E-state index contributed by atoms with van der Waals surface area (Å²) in [6, 6.07) is 10.9. The fraction of sp³-hybridized carbons (Fsp3) is 0.250. The Hall–Kier alpha value is -1.71. The number of benzene rings is 2. The Bertz CT molecular complexity index is 622. The van der Waals surface area contributed by atoms with E-state index >= 15 is 0 Å². The van der Waals surface area contributed by atoms with Crippen molar-refractivity contribution in [1.82, 2.24) is 0 Å². The Morgan fingerprint density at radius 3 is 2.68 bits per heavy atom. The molecule has 0 aliphatic carbocycles. The van der Waals surface area contributed by atoms with Gasteiger partial charge in [-0.2, -0.15) is 0 Å². The lowest BCUT2D eigenvalue weighted by atomic mass is 9.97. The minimum Gasteiger partial charge on any atom is -0.372 e. The molecule has 2 N–H and O–H groups in total. The molecule has 19 heavy (non-hydrogen) atoms. The lowest BCUT2D eigenvalue weighted by molar-refractivity contribution is 0.134. The number of fused-ring (bicyclic) bond motifs is 1. The van der Waals surface area contributed by atoms with Crippen LogP contribution in [0.2, 0.25) is 0 Å². The van der Waals surface area contributed by atoms with Gasteiger partial charge in [0.15, 0.2) is 0 Å². The van der Waals surface area contributed by atoms with Crippen LogP contribution in [0.4, 0.5) is 4.39 Å². The van der Waals surface area contributed by atoms with Gasteiger partial charge in [-0.05, 0) is 47.4 Å². The maximum Gasteiger partial charge on any atom is 0.131 e. The molecule has 0 amide bonds. The summed E-state index contributed by atoms with van der Waals surface area (Å²) in [6.45, 7) is 3.16. The van der Waals surface area contributed by atoms with Crippen molar-refractivity contribution in [3.05, 3.63) is 58.9 Å². The molecule has 98 valence electrons. The summed E-state index contributed by atoms with van der Waals surface area (Å²) in [4.78, 5) is 0. The van der Waals surface area contributed by atoms with Crippen LogP contribution in [0.15, 0.2) is 36.4 Å². The summed E-state index contributed by atoms with van der Waals surface area (Å²) in [6.07, 6.45) is 0. The molecule has 0 aromatic heterocycles. The maximum absolute atomic E-state index is 14.0. The minimum atomic E-state index is -0.219. The molecule has 0 fully saturated rings. The van der Waals surface area contributed by atoms with Crippen LogP contribution in [-0.2, 0) is 18.0 Å². The molecule has 1 atom stereocenters. The van der Waals surface area contributed by atoms with Crippen LogP contribution in [0.1, 0.15) is 29.7 Å². The van der Waals surface area contributed by atoms with Crippen LogP contribution in [0.5, 0.6) is 0 Å². The highest BCUT2D eigenvalue weighted by molar-refractivity contribution is 5.66. The third-order valence-electron chi connectivity index (χ3n) is 3.55. The Labute approximate surface area is 112 Å². The van der Waals surface area contributed by atoms with Crippen LogP contribution in [0.3, 0.4) is 0 Å². The van der Waals surface area contributed by atoms with Crippen molar-refractivity contribution in [3.8, 4) is 11.1 Å². The molecule has 0 saturated carbocycles. The molecule has 3 heteroatoms. The molecule has 0 radical (unpaired) electrons. The quantitative estimate of drug-likeness (QED) is 0.893. The van der Waals surface area contributed by atoms with Crippen LogP contribution in [-0.4, -0.2) is 0 Å². The van der Waals surface area contributed by atoms with Gasteiger partial charge in [0, 0.05) is 11.6 Å². The van der Waals surface area contributed by atoms with Gasteiger partial charge in [0.1, 0.15) is 5.82 Å². The zero-order valence-corrected chi connectivity index (χ0v) is 10.8. The third kappa shape index (κ3) is 2.27. The zero-order chi connectivity index (χ0) is 13.4. The van der Waals surface area contributed by atoms with Gasteiger partial charge in [-0.1, -0.05) is 18.2 Å². The molecule has 2 aromatic rings. The van der Waals surface area contributed by atoms with Gasteiger partial charge in [0.05, 0.1) is 13.2 Å². The van der Waals surface area contributed by atoms with E-state index in [1.54, 1.807) is 6.07 Å². The number of ether oxygens (including phenoxy) is 1. The molecular formula is C16H16FNO. The summed E-state index contributed by atoms with van der Waals surface area (Å²) in [5.41, 5.74) is 10.6. The van der Waals surface area contributed by atoms with Crippen molar-refractivity contribution in [1.29, 1.82) is 0 Å². The van der Waals surface area contributed by atoms with Crippen molar-refractivity contribution < 1.29 is 9.13 Å². The van der Waals surface area contributed by atoms with Crippen molar-refractivity contribution >= 4 is 0 Å². The van der Waals surface area contributed by atoms with E-state index in [-0.39, 0.29) is 11.9 Å². The minimum absolute atomic E-state index is 0.0999. The van der Waals surface area contributed by atoms with Crippen LogP contribution in [0.25, 0.3) is 11.1 Å². The number of nitrogens with two attached hydrogens (primary N) is 1. The normalized spacial score (nSPS) is 15.3. The molecule has 1 aliphatic rings. The number of hydrogen-bond donors (Lipinski definition) is 1. The first-order valence-electron chi connectivity index (χ1n) is 6.40. The second kappa shape index (κ2) is 4.76. The topological polar surface area (TPSA) is 35.2 Å². The van der Waals surface area contributed by atoms with Crippen molar-refractivity contribution in [3.63, 3.8) is 0 Å². The number of halogens is 1. The largest absolute Gasteiger partial charge is 0.372 e. The van der Waals surface area contributed by atoms with E-state index in [1.165, 1.54) is 11.6 Å². The van der Waals surface area contributed by atoms with Crippen LogP contribution < -0.4 is 5.73 Å². The van der Waals surface area contributed by atoms with E-state index in [4.69, 9.17) is 10.5 Å². The molecule has 1 aliphatic heterocycles. The SMILES string of the molecule is CC(N)c1ccc(F)c(-c2ccc3c(c2)COC3)c1. The smallest absolute Gasteiger partial charge is 0.131 e. The van der Waals surface area contributed by atoms with Gasteiger partial charge in [-0.25, -0.2) is 4.39 Å². The highest BCUT2D eigenvalue weighted by Gasteiger charge is 2.14. The van der Waals surface area contributed by atoms with E-state index in [0.717, 1.165) is 16.7 Å². The van der Waals surface area contributed by atoms with Crippen molar-refractivity contribution in [2.24, 2.45) is 5.73 Å². The van der Waals surface area contributed by atoms with Gasteiger partial charge in [0.25, 0.3) is 0 Å². The molecular weight excluding hydrogens is 241 g/mol. The van der Waals surface area contributed by atoms with Gasteiger partial charge in [0.2, 0.25) is 0 Å². The zero-order valence-electron chi connectivity index (χ0n) is 10.8. The fourth-order valence-corrected chi connectivity index (χ4v) is 2.39. The Morgan fingerprint density at radius 2 is 1.89 bits per heavy atom. The number of rotatable bonds is 2.